The van der Waals surface area contributed by atoms with E-state index in [1.54, 1.807) is 23.1 Å². The molecule has 0 saturated heterocycles. The monoisotopic (exact) mass is 366 g/mol. The van der Waals surface area contributed by atoms with Gasteiger partial charge >= 0.3 is 6.18 Å². The second kappa shape index (κ2) is 5.61. The lowest BCUT2D eigenvalue weighted by atomic mass is 10.1. The number of rotatable bonds is 2. The smallest absolute Gasteiger partial charge is 0.240 e. The van der Waals surface area contributed by atoms with Gasteiger partial charge in [0.25, 0.3) is 0 Å². The minimum atomic E-state index is -4.35. The highest BCUT2D eigenvalue weighted by atomic mass is 79.9. The Kier molecular flexibility index (Phi) is 3.78. The van der Waals surface area contributed by atoms with Crippen molar-refractivity contribution in [2.75, 3.05) is 0 Å². The minimum absolute atomic E-state index is 0.482. The van der Waals surface area contributed by atoms with Gasteiger partial charge in [-0.2, -0.15) is 18.3 Å². The van der Waals surface area contributed by atoms with E-state index in [0.717, 1.165) is 22.3 Å². The van der Waals surface area contributed by atoms with Crippen LogP contribution in [0.1, 0.15) is 5.56 Å². The van der Waals surface area contributed by atoms with Gasteiger partial charge in [0.1, 0.15) is 0 Å². The van der Waals surface area contributed by atoms with Gasteiger partial charge in [0.05, 0.1) is 17.4 Å². The van der Waals surface area contributed by atoms with E-state index in [9.17, 15) is 13.2 Å². The number of aromatic nitrogens is 2. The van der Waals surface area contributed by atoms with E-state index in [1.807, 2.05) is 24.3 Å². The van der Waals surface area contributed by atoms with E-state index >= 15 is 0 Å². The van der Waals surface area contributed by atoms with E-state index in [-0.39, 0.29) is 0 Å². The summed E-state index contributed by atoms with van der Waals surface area (Å²) in [4.78, 5) is 0. The topological polar surface area (TPSA) is 17.8 Å². The van der Waals surface area contributed by atoms with Gasteiger partial charge in [-0.15, -0.1) is 0 Å². The molecule has 0 radical (unpaired) electrons. The predicted molar refractivity (Wildman–Crippen MR) is 81.7 cm³/mol. The normalized spacial score (nSPS) is 11.6. The Hall–Kier alpha value is -2.08. The Balaban J connectivity index is 1.98. The average Bonchev–Trinajstić information content (AvgIpc) is 2.96. The highest BCUT2D eigenvalue weighted by Gasteiger charge is 2.30. The predicted octanol–water partition coefficient (Wildman–Crippen LogP) is 5.32. The molecule has 2 nitrogen and oxygen atoms in total. The Labute approximate surface area is 133 Å². The summed E-state index contributed by atoms with van der Waals surface area (Å²) in [5.74, 6) is 0. The van der Waals surface area contributed by atoms with Crippen molar-refractivity contribution in [1.82, 2.24) is 9.78 Å². The molecule has 3 aromatic rings. The zero-order valence-electron chi connectivity index (χ0n) is 11.2. The van der Waals surface area contributed by atoms with Crippen molar-refractivity contribution < 1.29 is 13.2 Å². The van der Waals surface area contributed by atoms with Gasteiger partial charge in [-0.3, -0.25) is 0 Å². The van der Waals surface area contributed by atoms with Crippen molar-refractivity contribution in [3.8, 4) is 16.8 Å². The van der Waals surface area contributed by atoms with Crippen LogP contribution in [0.4, 0.5) is 13.2 Å². The molecule has 0 fully saturated rings. The maximum atomic E-state index is 12.8. The largest absolute Gasteiger partial charge is 0.416 e. The first kappa shape index (κ1) is 14.8. The molecule has 0 aliphatic rings. The van der Waals surface area contributed by atoms with Crippen molar-refractivity contribution in [3.05, 3.63) is 71.0 Å². The Morgan fingerprint density at radius 1 is 0.955 bits per heavy atom. The summed E-state index contributed by atoms with van der Waals surface area (Å²) >= 11 is 3.38. The SMILES string of the molecule is FC(F)(F)c1cccc(-c2cnn(-c3cccc(Br)c3)c2)c1. The molecule has 0 aliphatic heterocycles. The number of halogens is 4. The lowest BCUT2D eigenvalue weighted by molar-refractivity contribution is -0.137. The molecular formula is C16H10BrF3N2. The van der Waals surface area contributed by atoms with Crippen molar-refractivity contribution in [2.45, 2.75) is 6.18 Å². The van der Waals surface area contributed by atoms with Crippen LogP contribution in [0.3, 0.4) is 0 Å². The zero-order chi connectivity index (χ0) is 15.7. The number of hydrogen-bond donors (Lipinski definition) is 0. The quantitative estimate of drug-likeness (QED) is 0.600. The maximum absolute atomic E-state index is 12.8. The Bertz CT molecular complexity index is 809. The Morgan fingerprint density at radius 3 is 2.45 bits per heavy atom. The fourth-order valence-corrected chi connectivity index (χ4v) is 2.49. The first-order chi connectivity index (χ1) is 10.4. The van der Waals surface area contributed by atoms with Gasteiger partial charge in [0.2, 0.25) is 0 Å². The first-order valence-electron chi connectivity index (χ1n) is 6.42. The molecule has 1 heterocycles. The molecule has 0 saturated carbocycles. The lowest BCUT2D eigenvalue weighted by Gasteiger charge is -2.07. The summed E-state index contributed by atoms with van der Waals surface area (Å²) in [6.45, 7) is 0. The van der Waals surface area contributed by atoms with Crippen LogP contribution >= 0.6 is 15.9 Å². The summed E-state index contributed by atoms with van der Waals surface area (Å²) in [7, 11) is 0. The molecule has 0 amide bonds. The summed E-state index contributed by atoms with van der Waals surface area (Å²) in [6, 6.07) is 12.7. The number of alkyl halides is 3. The van der Waals surface area contributed by atoms with E-state index in [1.165, 1.54) is 6.07 Å². The summed E-state index contributed by atoms with van der Waals surface area (Å²) in [5.41, 5.74) is 1.27. The van der Waals surface area contributed by atoms with Gasteiger partial charge in [-0.05, 0) is 35.9 Å². The molecule has 0 unspecified atom stereocenters. The number of nitrogens with zero attached hydrogens (tertiary/aromatic N) is 2. The highest BCUT2D eigenvalue weighted by Crippen LogP contribution is 2.32. The molecular weight excluding hydrogens is 357 g/mol. The van der Waals surface area contributed by atoms with Crippen LogP contribution in [-0.2, 0) is 6.18 Å². The maximum Gasteiger partial charge on any atom is 0.416 e. The molecule has 3 rings (SSSR count). The number of benzene rings is 2. The fraction of sp³-hybridized carbons (Fsp3) is 0.0625. The minimum Gasteiger partial charge on any atom is -0.240 e. The molecule has 0 spiro atoms. The molecule has 0 bridgehead atoms. The van der Waals surface area contributed by atoms with Crippen LogP contribution in [-0.4, -0.2) is 9.78 Å². The third-order valence-electron chi connectivity index (χ3n) is 3.18. The van der Waals surface area contributed by atoms with Crippen LogP contribution in [0.25, 0.3) is 16.8 Å². The molecule has 6 heteroatoms. The van der Waals surface area contributed by atoms with E-state index in [4.69, 9.17) is 0 Å². The van der Waals surface area contributed by atoms with Crippen molar-refractivity contribution in [2.24, 2.45) is 0 Å². The summed E-state index contributed by atoms with van der Waals surface area (Å²) in [6.07, 6.45) is -1.09. The van der Waals surface area contributed by atoms with Crippen LogP contribution < -0.4 is 0 Å². The molecule has 0 atom stereocenters. The molecule has 1 aromatic heterocycles. The van der Waals surface area contributed by atoms with E-state index in [2.05, 4.69) is 21.0 Å². The molecule has 0 N–H and O–H groups in total. The number of hydrogen-bond acceptors (Lipinski definition) is 1. The van der Waals surface area contributed by atoms with Crippen LogP contribution in [0.2, 0.25) is 0 Å². The zero-order valence-corrected chi connectivity index (χ0v) is 12.8. The highest BCUT2D eigenvalue weighted by molar-refractivity contribution is 9.10. The second-order valence-corrected chi connectivity index (χ2v) is 5.65. The second-order valence-electron chi connectivity index (χ2n) is 4.73. The lowest BCUT2D eigenvalue weighted by Crippen LogP contribution is -2.04. The Morgan fingerprint density at radius 2 is 1.73 bits per heavy atom. The van der Waals surface area contributed by atoms with E-state index < -0.39 is 11.7 Å². The first-order valence-corrected chi connectivity index (χ1v) is 7.21. The third kappa shape index (κ3) is 3.06. The van der Waals surface area contributed by atoms with Gasteiger partial charge in [-0.1, -0.05) is 34.1 Å². The van der Waals surface area contributed by atoms with Crippen molar-refractivity contribution in [3.63, 3.8) is 0 Å². The van der Waals surface area contributed by atoms with Crippen LogP contribution in [0.15, 0.2) is 65.4 Å². The van der Waals surface area contributed by atoms with Gasteiger partial charge in [-0.25, -0.2) is 4.68 Å². The fourth-order valence-electron chi connectivity index (χ4n) is 2.11. The summed E-state index contributed by atoms with van der Waals surface area (Å²) in [5, 5.41) is 4.21. The van der Waals surface area contributed by atoms with Crippen LogP contribution in [0, 0.1) is 0 Å². The molecule has 22 heavy (non-hydrogen) atoms. The third-order valence-corrected chi connectivity index (χ3v) is 3.67. The van der Waals surface area contributed by atoms with Gasteiger partial charge < -0.3 is 0 Å². The molecule has 0 aliphatic carbocycles. The van der Waals surface area contributed by atoms with Gasteiger partial charge in [0.15, 0.2) is 0 Å². The van der Waals surface area contributed by atoms with E-state index in [0.29, 0.717) is 11.1 Å². The summed E-state index contributed by atoms with van der Waals surface area (Å²) < 4.78 is 40.8. The van der Waals surface area contributed by atoms with Gasteiger partial charge in [0, 0.05) is 16.2 Å². The molecule has 112 valence electrons. The average molecular weight is 367 g/mol. The standard InChI is InChI=1S/C16H10BrF3N2/c17-14-5-2-6-15(8-14)22-10-12(9-21-22)11-3-1-4-13(7-11)16(18,19)20/h1-10H. The van der Waals surface area contributed by atoms with Crippen molar-refractivity contribution >= 4 is 15.9 Å². The molecule has 2 aromatic carbocycles. The van der Waals surface area contributed by atoms with Crippen LogP contribution in [0.5, 0.6) is 0 Å². The van der Waals surface area contributed by atoms with Crippen molar-refractivity contribution in [1.29, 1.82) is 0 Å².